The second kappa shape index (κ2) is 18.8. The van der Waals surface area contributed by atoms with Gasteiger partial charge in [0.25, 0.3) is 0 Å². The Morgan fingerprint density at radius 2 is 0.758 bits per heavy atom. The van der Waals surface area contributed by atoms with Crippen LogP contribution < -0.4 is 0 Å². The first-order valence-electron chi connectivity index (χ1n) is 13.6. The van der Waals surface area contributed by atoms with E-state index in [2.05, 4.69) is 20.8 Å². The topological polar surface area (TPSA) is 78.9 Å². The van der Waals surface area contributed by atoms with Crippen LogP contribution in [-0.2, 0) is 28.6 Å². The third-order valence-corrected chi connectivity index (χ3v) is 6.18. The van der Waals surface area contributed by atoms with Gasteiger partial charge in [-0.25, -0.2) is 0 Å². The molecule has 33 heavy (non-hydrogen) atoms. The monoisotopic (exact) mass is 468 g/mol. The molecule has 6 heteroatoms. The Morgan fingerprint density at radius 1 is 0.485 bits per heavy atom. The van der Waals surface area contributed by atoms with Gasteiger partial charge in [-0.3, -0.25) is 14.4 Å². The zero-order chi connectivity index (χ0) is 24.3. The number of hydrogen-bond acceptors (Lipinski definition) is 6. The average molecular weight is 469 g/mol. The molecule has 1 saturated carbocycles. The van der Waals surface area contributed by atoms with Gasteiger partial charge in [0.05, 0.1) is 0 Å². The molecule has 0 unspecified atom stereocenters. The first kappa shape index (κ1) is 29.4. The van der Waals surface area contributed by atoms with Gasteiger partial charge in [-0.15, -0.1) is 0 Å². The molecule has 0 N–H and O–H groups in total. The van der Waals surface area contributed by atoms with Gasteiger partial charge in [0.2, 0.25) is 0 Å². The zero-order valence-electron chi connectivity index (χ0n) is 21.4. The summed E-state index contributed by atoms with van der Waals surface area (Å²) >= 11 is 0. The Bertz CT molecular complexity index is 465. The van der Waals surface area contributed by atoms with Crippen molar-refractivity contribution in [3.8, 4) is 0 Å². The molecule has 0 heterocycles. The van der Waals surface area contributed by atoms with Crippen LogP contribution in [0.5, 0.6) is 0 Å². The van der Waals surface area contributed by atoms with E-state index in [0.717, 1.165) is 77.0 Å². The summed E-state index contributed by atoms with van der Waals surface area (Å²) in [5.74, 6) is -0.646. The molecule has 0 aliphatic heterocycles. The maximum Gasteiger partial charge on any atom is 0.306 e. The van der Waals surface area contributed by atoms with Crippen LogP contribution in [0, 0.1) is 0 Å². The van der Waals surface area contributed by atoms with E-state index in [1.165, 1.54) is 0 Å². The molecule has 1 aliphatic rings. The van der Waals surface area contributed by atoms with E-state index in [9.17, 15) is 14.4 Å². The lowest BCUT2D eigenvalue weighted by molar-refractivity contribution is -0.169. The number of ether oxygens (including phenoxy) is 3. The standard InChI is InChI=1S/C27H48O6/c1-4-7-10-13-16-25(28)31-22-19-23(32-26(29)17-14-11-8-5-2)21-24(20-22)33-27(30)18-15-12-9-6-3/h22-24H,4-21H2,1-3H3. The molecule has 6 nitrogen and oxygen atoms in total. The molecule has 192 valence electrons. The van der Waals surface area contributed by atoms with E-state index in [4.69, 9.17) is 14.2 Å². The van der Waals surface area contributed by atoms with Crippen molar-refractivity contribution >= 4 is 17.9 Å². The Morgan fingerprint density at radius 3 is 1.00 bits per heavy atom. The Hall–Kier alpha value is -1.59. The summed E-state index contributed by atoms with van der Waals surface area (Å²) in [6.07, 6.45) is 13.7. The molecule has 0 aromatic carbocycles. The Labute approximate surface area is 201 Å². The largest absolute Gasteiger partial charge is 0.462 e. The molecule has 0 radical (unpaired) electrons. The minimum atomic E-state index is -0.381. The lowest BCUT2D eigenvalue weighted by Gasteiger charge is -2.34. The minimum Gasteiger partial charge on any atom is -0.462 e. The van der Waals surface area contributed by atoms with E-state index in [0.29, 0.717) is 38.5 Å². The van der Waals surface area contributed by atoms with Crippen molar-refractivity contribution in [1.82, 2.24) is 0 Å². The van der Waals surface area contributed by atoms with Crippen LogP contribution in [0.25, 0.3) is 0 Å². The first-order valence-corrected chi connectivity index (χ1v) is 13.6. The van der Waals surface area contributed by atoms with Crippen molar-refractivity contribution in [2.75, 3.05) is 0 Å². The third kappa shape index (κ3) is 15.0. The molecule has 1 aliphatic carbocycles. The van der Waals surface area contributed by atoms with Crippen LogP contribution >= 0.6 is 0 Å². The van der Waals surface area contributed by atoms with Crippen LogP contribution in [0.4, 0.5) is 0 Å². The summed E-state index contributed by atoms with van der Waals surface area (Å²) in [5, 5.41) is 0. The summed E-state index contributed by atoms with van der Waals surface area (Å²) < 4.78 is 17.1. The molecular formula is C27H48O6. The van der Waals surface area contributed by atoms with Crippen molar-refractivity contribution in [3.05, 3.63) is 0 Å². The van der Waals surface area contributed by atoms with Gasteiger partial charge < -0.3 is 14.2 Å². The molecule has 0 aromatic rings. The normalized spacial score (nSPS) is 20.3. The molecule has 0 amide bonds. The smallest absolute Gasteiger partial charge is 0.306 e. The third-order valence-electron chi connectivity index (χ3n) is 6.18. The van der Waals surface area contributed by atoms with Crippen molar-refractivity contribution in [2.45, 2.75) is 155 Å². The highest BCUT2D eigenvalue weighted by atomic mass is 16.6. The number of carbonyl (C=O) groups excluding carboxylic acids is 3. The fraction of sp³-hybridized carbons (Fsp3) is 0.889. The van der Waals surface area contributed by atoms with Crippen molar-refractivity contribution < 1.29 is 28.6 Å². The zero-order valence-corrected chi connectivity index (χ0v) is 21.4. The van der Waals surface area contributed by atoms with Crippen molar-refractivity contribution in [2.24, 2.45) is 0 Å². The van der Waals surface area contributed by atoms with E-state index in [1.807, 2.05) is 0 Å². The van der Waals surface area contributed by atoms with E-state index in [-0.39, 0.29) is 36.2 Å². The summed E-state index contributed by atoms with van der Waals surface area (Å²) in [6, 6.07) is 0. The van der Waals surface area contributed by atoms with Gasteiger partial charge in [0.15, 0.2) is 0 Å². The lowest BCUT2D eigenvalue weighted by Crippen LogP contribution is -2.40. The fourth-order valence-corrected chi connectivity index (χ4v) is 4.28. The van der Waals surface area contributed by atoms with E-state index in [1.54, 1.807) is 0 Å². The predicted octanol–water partition coefficient (Wildman–Crippen LogP) is 6.82. The van der Waals surface area contributed by atoms with Crippen LogP contribution in [0.2, 0.25) is 0 Å². The summed E-state index contributed by atoms with van der Waals surface area (Å²) in [7, 11) is 0. The van der Waals surface area contributed by atoms with Crippen LogP contribution in [0.1, 0.15) is 136 Å². The second-order valence-corrected chi connectivity index (χ2v) is 9.47. The Kier molecular flexibility index (Phi) is 16.8. The summed E-state index contributed by atoms with van der Waals surface area (Å²) in [4.78, 5) is 36.9. The number of rotatable bonds is 18. The molecule has 0 saturated heterocycles. The maximum atomic E-state index is 12.3. The van der Waals surface area contributed by atoms with Gasteiger partial charge >= 0.3 is 17.9 Å². The molecule has 0 atom stereocenters. The molecule has 0 bridgehead atoms. The molecule has 0 aromatic heterocycles. The highest BCUT2D eigenvalue weighted by molar-refractivity contribution is 5.70. The molecule has 1 fully saturated rings. The molecule has 1 rings (SSSR count). The van der Waals surface area contributed by atoms with Gasteiger partial charge in [-0.2, -0.15) is 0 Å². The van der Waals surface area contributed by atoms with Crippen molar-refractivity contribution in [1.29, 1.82) is 0 Å². The lowest BCUT2D eigenvalue weighted by atomic mass is 9.92. The van der Waals surface area contributed by atoms with Gasteiger partial charge in [0, 0.05) is 38.5 Å². The summed E-state index contributed by atoms with van der Waals surface area (Å²) in [5.41, 5.74) is 0. The predicted molar refractivity (Wildman–Crippen MR) is 130 cm³/mol. The number of hydrogen-bond donors (Lipinski definition) is 0. The first-order chi connectivity index (χ1) is 16.0. The highest BCUT2D eigenvalue weighted by Crippen LogP contribution is 2.28. The molecular weight excluding hydrogens is 420 g/mol. The maximum absolute atomic E-state index is 12.3. The Balaban J connectivity index is 2.57. The minimum absolute atomic E-state index is 0.215. The fourth-order valence-electron chi connectivity index (χ4n) is 4.28. The SMILES string of the molecule is CCCCCCC(=O)OC1CC(OC(=O)CCCCCC)CC(OC(=O)CCCCCC)C1. The number of esters is 3. The van der Waals surface area contributed by atoms with Gasteiger partial charge in [-0.05, 0) is 19.3 Å². The van der Waals surface area contributed by atoms with Gasteiger partial charge in [-0.1, -0.05) is 78.6 Å². The quantitative estimate of drug-likeness (QED) is 0.125. The van der Waals surface area contributed by atoms with Crippen LogP contribution in [-0.4, -0.2) is 36.2 Å². The van der Waals surface area contributed by atoms with Crippen LogP contribution in [0.15, 0.2) is 0 Å². The summed E-state index contributed by atoms with van der Waals surface area (Å²) in [6.45, 7) is 6.41. The molecule has 0 spiro atoms. The van der Waals surface area contributed by atoms with Crippen LogP contribution in [0.3, 0.4) is 0 Å². The van der Waals surface area contributed by atoms with Gasteiger partial charge in [0.1, 0.15) is 18.3 Å². The van der Waals surface area contributed by atoms with Crippen molar-refractivity contribution in [3.63, 3.8) is 0 Å². The average Bonchev–Trinajstić information content (AvgIpc) is 2.77. The van der Waals surface area contributed by atoms with E-state index < -0.39 is 0 Å². The highest BCUT2D eigenvalue weighted by Gasteiger charge is 2.35. The number of carbonyl (C=O) groups is 3. The second-order valence-electron chi connectivity index (χ2n) is 9.47. The van der Waals surface area contributed by atoms with E-state index >= 15 is 0 Å². The number of unbranched alkanes of at least 4 members (excludes halogenated alkanes) is 9.